The fourth-order valence-electron chi connectivity index (χ4n) is 2.38. The Bertz CT molecular complexity index is 683. The predicted molar refractivity (Wildman–Crippen MR) is 69.1 cm³/mol. The molecule has 1 aliphatic rings. The van der Waals surface area contributed by atoms with E-state index < -0.39 is 0 Å². The van der Waals surface area contributed by atoms with Gasteiger partial charge in [0.05, 0.1) is 18.3 Å². The van der Waals surface area contributed by atoms with E-state index in [-0.39, 0.29) is 17.7 Å². The number of hydrogen-bond acceptors (Lipinski definition) is 5. The number of hydrogen-bond donors (Lipinski definition) is 2. The normalized spacial score (nSPS) is 19.5. The van der Waals surface area contributed by atoms with Gasteiger partial charge in [-0.15, -0.1) is 0 Å². The second-order valence-electron chi connectivity index (χ2n) is 4.61. The molecule has 0 aliphatic carbocycles. The van der Waals surface area contributed by atoms with E-state index in [1.165, 1.54) is 0 Å². The minimum Gasteiger partial charge on any atom is -0.398 e. The summed E-state index contributed by atoms with van der Waals surface area (Å²) in [6.45, 7) is 0. The summed E-state index contributed by atoms with van der Waals surface area (Å²) >= 11 is 0. The van der Waals surface area contributed by atoms with Gasteiger partial charge in [-0.2, -0.15) is 10.2 Å². The molecule has 1 saturated heterocycles. The van der Waals surface area contributed by atoms with Gasteiger partial charge < -0.3 is 5.73 Å². The number of benzene rings is 1. The molecule has 2 amide bonds. The van der Waals surface area contributed by atoms with Crippen molar-refractivity contribution in [1.82, 2.24) is 15.5 Å². The van der Waals surface area contributed by atoms with Crippen molar-refractivity contribution in [2.75, 3.05) is 5.73 Å². The summed E-state index contributed by atoms with van der Waals surface area (Å²) < 4.78 is 0. The van der Waals surface area contributed by atoms with Crippen LogP contribution in [-0.2, 0) is 9.59 Å². The summed E-state index contributed by atoms with van der Waals surface area (Å²) in [5, 5.41) is 11.6. The van der Waals surface area contributed by atoms with E-state index in [4.69, 9.17) is 5.73 Å². The number of aromatic nitrogens is 2. The van der Waals surface area contributed by atoms with Gasteiger partial charge in [-0.1, -0.05) is 0 Å². The lowest BCUT2D eigenvalue weighted by Gasteiger charge is -2.21. The molecule has 0 radical (unpaired) electrons. The third-order valence-electron chi connectivity index (χ3n) is 3.36. The number of amides is 2. The van der Waals surface area contributed by atoms with Gasteiger partial charge in [-0.25, -0.2) is 0 Å². The highest BCUT2D eigenvalue weighted by atomic mass is 16.2. The second kappa shape index (κ2) is 4.31. The van der Waals surface area contributed by atoms with Crippen molar-refractivity contribution in [2.24, 2.45) is 0 Å². The minimum absolute atomic E-state index is 0.221. The van der Waals surface area contributed by atoms with Crippen LogP contribution in [0, 0.1) is 0 Å². The zero-order valence-electron chi connectivity index (χ0n) is 10.1. The molecule has 1 aliphatic heterocycles. The number of rotatable bonds is 1. The molecule has 1 fully saturated rings. The van der Waals surface area contributed by atoms with Crippen LogP contribution in [0.1, 0.15) is 24.3 Å². The van der Waals surface area contributed by atoms with Gasteiger partial charge in [0, 0.05) is 22.9 Å². The first kappa shape index (κ1) is 11.6. The summed E-state index contributed by atoms with van der Waals surface area (Å²) in [5.74, 6) is -0.824. The third kappa shape index (κ3) is 2.01. The van der Waals surface area contributed by atoms with Gasteiger partial charge in [-0.3, -0.25) is 14.9 Å². The molecule has 6 nitrogen and oxygen atoms in total. The van der Waals surface area contributed by atoms with Crippen molar-refractivity contribution in [2.45, 2.75) is 18.8 Å². The predicted octanol–water partition coefficient (Wildman–Crippen LogP) is 0.732. The highest BCUT2D eigenvalue weighted by molar-refractivity contribution is 6.02. The number of fused-ring (bicyclic) bond motifs is 1. The Hall–Kier alpha value is -2.50. The molecule has 0 bridgehead atoms. The highest BCUT2D eigenvalue weighted by Gasteiger charge is 2.28. The summed E-state index contributed by atoms with van der Waals surface area (Å²) in [6, 6.07) is 3.64. The first-order chi connectivity index (χ1) is 9.15. The van der Waals surface area contributed by atoms with E-state index in [9.17, 15) is 9.59 Å². The van der Waals surface area contributed by atoms with Crippen LogP contribution in [0.5, 0.6) is 0 Å². The van der Waals surface area contributed by atoms with Crippen molar-refractivity contribution in [1.29, 1.82) is 0 Å². The summed E-state index contributed by atoms with van der Waals surface area (Å²) in [4.78, 5) is 23.0. The lowest BCUT2D eigenvalue weighted by Crippen LogP contribution is -2.39. The maximum Gasteiger partial charge on any atom is 0.234 e. The lowest BCUT2D eigenvalue weighted by atomic mass is 9.89. The average molecular weight is 256 g/mol. The second-order valence-corrected chi connectivity index (χ2v) is 4.61. The molecule has 1 aromatic carbocycles. The number of nitrogens with one attached hydrogen (secondary N) is 1. The summed E-state index contributed by atoms with van der Waals surface area (Å²) in [6.07, 6.45) is 4.07. The molecule has 1 atom stereocenters. The Labute approximate surface area is 109 Å². The third-order valence-corrected chi connectivity index (χ3v) is 3.36. The van der Waals surface area contributed by atoms with E-state index in [1.54, 1.807) is 18.5 Å². The van der Waals surface area contributed by atoms with Crippen LogP contribution in [0.3, 0.4) is 0 Å². The quantitative estimate of drug-likeness (QED) is 0.579. The van der Waals surface area contributed by atoms with Crippen LogP contribution in [-0.4, -0.2) is 22.0 Å². The standard InChI is InChI=1S/C13H12N4O2/c14-11-4-7(3-8-5-15-16-6-10(8)11)9-1-2-12(18)17-13(9)19/h3-6,9H,1-2,14H2,(H,17,18,19). The number of carbonyl (C=O) groups is 2. The van der Waals surface area contributed by atoms with E-state index in [1.807, 2.05) is 6.07 Å². The number of piperidine rings is 1. The number of carbonyl (C=O) groups excluding carboxylic acids is 2. The van der Waals surface area contributed by atoms with Crippen LogP contribution in [0.2, 0.25) is 0 Å². The van der Waals surface area contributed by atoms with E-state index >= 15 is 0 Å². The molecule has 0 spiro atoms. The first-order valence-corrected chi connectivity index (χ1v) is 5.98. The summed E-state index contributed by atoms with van der Waals surface area (Å²) in [5.41, 5.74) is 7.34. The smallest absolute Gasteiger partial charge is 0.234 e. The Morgan fingerprint density at radius 1 is 1.21 bits per heavy atom. The summed E-state index contributed by atoms with van der Waals surface area (Å²) in [7, 11) is 0. The molecular formula is C13H12N4O2. The van der Waals surface area contributed by atoms with Crippen molar-refractivity contribution < 1.29 is 9.59 Å². The maximum atomic E-state index is 11.9. The van der Waals surface area contributed by atoms with Crippen molar-refractivity contribution in [3.05, 3.63) is 30.1 Å². The Morgan fingerprint density at radius 3 is 2.79 bits per heavy atom. The maximum absolute atomic E-state index is 11.9. The fraction of sp³-hybridized carbons (Fsp3) is 0.231. The van der Waals surface area contributed by atoms with Crippen LogP contribution < -0.4 is 11.1 Å². The zero-order valence-corrected chi connectivity index (χ0v) is 10.1. The van der Waals surface area contributed by atoms with Gasteiger partial charge >= 0.3 is 0 Å². The van der Waals surface area contributed by atoms with Gasteiger partial charge in [-0.05, 0) is 24.1 Å². The van der Waals surface area contributed by atoms with Crippen LogP contribution >= 0.6 is 0 Å². The molecule has 2 heterocycles. The average Bonchev–Trinajstić information content (AvgIpc) is 2.38. The number of anilines is 1. The molecule has 19 heavy (non-hydrogen) atoms. The van der Waals surface area contributed by atoms with Gasteiger partial charge in [0.25, 0.3) is 0 Å². The van der Waals surface area contributed by atoms with Gasteiger partial charge in [0.1, 0.15) is 0 Å². The number of nitrogen functional groups attached to an aromatic ring is 1. The fourth-order valence-corrected chi connectivity index (χ4v) is 2.38. The van der Waals surface area contributed by atoms with Crippen LogP contribution in [0.25, 0.3) is 10.8 Å². The van der Waals surface area contributed by atoms with Crippen LogP contribution in [0.4, 0.5) is 5.69 Å². The van der Waals surface area contributed by atoms with Crippen LogP contribution in [0.15, 0.2) is 24.5 Å². The Morgan fingerprint density at radius 2 is 2.00 bits per heavy atom. The molecule has 6 heteroatoms. The molecule has 96 valence electrons. The van der Waals surface area contributed by atoms with Crippen molar-refractivity contribution >= 4 is 28.3 Å². The van der Waals surface area contributed by atoms with Gasteiger partial charge in [0.2, 0.25) is 11.8 Å². The number of imide groups is 1. The molecule has 1 unspecified atom stereocenters. The van der Waals surface area contributed by atoms with Crippen molar-refractivity contribution in [3.63, 3.8) is 0 Å². The van der Waals surface area contributed by atoms with E-state index in [0.717, 1.165) is 16.3 Å². The lowest BCUT2D eigenvalue weighted by molar-refractivity contribution is -0.134. The highest BCUT2D eigenvalue weighted by Crippen LogP contribution is 2.30. The minimum atomic E-state index is -0.336. The first-order valence-electron chi connectivity index (χ1n) is 5.98. The van der Waals surface area contributed by atoms with Crippen molar-refractivity contribution in [3.8, 4) is 0 Å². The Kier molecular flexibility index (Phi) is 2.63. The van der Waals surface area contributed by atoms with E-state index in [0.29, 0.717) is 18.5 Å². The monoisotopic (exact) mass is 256 g/mol. The number of nitrogens with two attached hydrogens (primary N) is 1. The Balaban J connectivity index is 2.06. The largest absolute Gasteiger partial charge is 0.398 e. The van der Waals surface area contributed by atoms with E-state index in [2.05, 4.69) is 15.5 Å². The molecule has 3 rings (SSSR count). The number of nitrogens with zero attached hydrogens (tertiary/aromatic N) is 2. The van der Waals surface area contributed by atoms with Gasteiger partial charge in [0.15, 0.2) is 0 Å². The molecule has 1 aromatic heterocycles. The molecule has 2 aromatic rings. The topological polar surface area (TPSA) is 98.0 Å². The molecule has 3 N–H and O–H groups in total. The molecule has 0 saturated carbocycles. The SMILES string of the molecule is Nc1cc(C2CCC(=O)NC2=O)cc2cnncc12. The molecular weight excluding hydrogens is 244 g/mol. The zero-order chi connectivity index (χ0) is 13.4.